The summed E-state index contributed by atoms with van der Waals surface area (Å²) in [5.41, 5.74) is 1.46. The van der Waals surface area contributed by atoms with Gasteiger partial charge in [-0.15, -0.1) is 0 Å². The van der Waals surface area contributed by atoms with Crippen LogP contribution in [0.1, 0.15) is 25.8 Å². The van der Waals surface area contributed by atoms with Crippen LogP contribution in [0.3, 0.4) is 0 Å². The average Bonchev–Trinajstić information content (AvgIpc) is 3.02. The molecule has 0 spiro atoms. The molecular formula is C24H29F3N2O2S. The van der Waals surface area contributed by atoms with Gasteiger partial charge in [-0.25, -0.2) is 13.2 Å². The minimum absolute atomic E-state index is 0.0166. The number of ether oxygens (including phenoxy) is 1. The van der Waals surface area contributed by atoms with Crippen molar-refractivity contribution in [2.45, 2.75) is 50.8 Å². The Morgan fingerprint density at radius 2 is 1.91 bits per heavy atom. The largest absolute Gasteiger partial charge is 0.378 e. The van der Waals surface area contributed by atoms with Crippen LogP contribution in [0, 0.1) is 5.82 Å². The second-order valence-corrected chi connectivity index (χ2v) is 9.06. The minimum Gasteiger partial charge on any atom is -0.378 e. The molecule has 0 aromatic heterocycles. The molecule has 0 radical (unpaired) electrons. The van der Waals surface area contributed by atoms with Crippen LogP contribution in [0.25, 0.3) is 11.1 Å². The fourth-order valence-electron chi connectivity index (χ4n) is 3.78. The zero-order valence-corrected chi connectivity index (χ0v) is 19.1. The van der Waals surface area contributed by atoms with Crippen molar-refractivity contribution in [2.75, 3.05) is 18.9 Å². The van der Waals surface area contributed by atoms with Gasteiger partial charge in [0.05, 0.1) is 18.7 Å². The van der Waals surface area contributed by atoms with E-state index in [-0.39, 0.29) is 6.42 Å². The lowest BCUT2D eigenvalue weighted by Gasteiger charge is -2.26. The predicted octanol–water partition coefficient (Wildman–Crippen LogP) is 4.93. The standard InChI is InChI=1S/C20H21F3N2OS.C4H8O/c1-2-27-24-19-17(25(13-26)12-20(19,22)23)11-15-9-6-10-16(18(15)21)14-7-4-3-5-8-14;1-4-2-3-5-4/h3-10,13,17,19,24H,2,11-12H2,1H3;4H,2-3H2,1H3. The van der Waals surface area contributed by atoms with Gasteiger partial charge in [0.1, 0.15) is 11.9 Å². The molecule has 32 heavy (non-hydrogen) atoms. The lowest BCUT2D eigenvalue weighted by Crippen LogP contribution is -2.47. The number of alkyl halides is 2. The van der Waals surface area contributed by atoms with Crippen molar-refractivity contribution in [3.63, 3.8) is 0 Å². The topological polar surface area (TPSA) is 41.6 Å². The molecule has 2 aliphatic heterocycles. The summed E-state index contributed by atoms with van der Waals surface area (Å²) in [5.74, 6) is -2.90. The monoisotopic (exact) mass is 466 g/mol. The van der Waals surface area contributed by atoms with Gasteiger partial charge in [0, 0.05) is 17.9 Å². The van der Waals surface area contributed by atoms with Gasteiger partial charge in [-0.05, 0) is 30.9 Å². The maximum Gasteiger partial charge on any atom is 0.283 e. The molecule has 4 nitrogen and oxygen atoms in total. The van der Waals surface area contributed by atoms with Crippen LogP contribution in [-0.4, -0.2) is 54.3 Å². The van der Waals surface area contributed by atoms with Gasteiger partial charge in [0.15, 0.2) is 0 Å². The van der Waals surface area contributed by atoms with Gasteiger partial charge >= 0.3 is 0 Å². The number of rotatable bonds is 7. The number of amides is 1. The Morgan fingerprint density at radius 1 is 1.22 bits per heavy atom. The smallest absolute Gasteiger partial charge is 0.283 e. The molecule has 8 heteroatoms. The summed E-state index contributed by atoms with van der Waals surface area (Å²) < 4.78 is 51.6. The summed E-state index contributed by atoms with van der Waals surface area (Å²) in [6.07, 6.45) is 2.27. The highest BCUT2D eigenvalue weighted by atomic mass is 32.2. The number of carbonyl (C=O) groups is 1. The molecule has 2 saturated heterocycles. The van der Waals surface area contributed by atoms with E-state index in [1.807, 2.05) is 25.1 Å². The second-order valence-electron chi connectivity index (χ2n) is 7.95. The number of benzene rings is 2. The Morgan fingerprint density at radius 3 is 2.47 bits per heavy atom. The summed E-state index contributed by atoms with van der Waals surface area (Å²) in [7, 11) is 0. The summed E-state index contributed by atoms with van der Waals surface area (Å²) in [4.78, 5) is 12.4. The first-order valence-corrected chi connectivity index (χ1v) is 11.8. The number of hydrogen-bond donors (Lipinski definition) is 1. The van der Waals surface area contributed by atoms with Gasteiger partial charge in [-0.1, -0.05) is 67.4 Å². The van der Waals surface area contributed by atoms with Crippen molar-refractivity contribution in [3.05, 3.63) is 59.9 Å². The van der Waals surface area contributed by atoms with E-state index in [1.54, 1.807) is 30.3 Å². The molecule has 0 aliphatic carbocycles. The van der Waals surface area contributed by atoms with Crippen LogP contribution >= 0.6 is 11.9 Å². The maximum atomic E-state index is 15.1. The van der Waals surface area contributed by atoms with Crippen molar-refractivity contribution in [2.24, 2.45) is 0 Å². The van der Waals surface area contributed by atoms with Crippen LogP contribution < -0.4 is 4.72 Å². The van der Waals surface area contributed by atoms with Crippen molar-refractivity contribution in [3.8, 4) is 11.1 Å². The highest BCUT2D eigenvalue weighted by molar-refractivity contribution is 7.97. The fourth-order valence-corrected chi connectivity index (χ4v) is 4.45. The molecule has 2 aromatic rings. The normalized spacial score (nSPS) is 23.8. The molecule has 0 bridgehead atoms. The Labute approximate surface area is 191 Å². The third-order valence-electron chi connectivity index (χ3n) is 5.67. The van der Waals surface area contributed by atoms with Gasteiger partial charge in [0.25, 0.3) is 5.92 Å². The van der Waals surface area contributed by atoms with E-state index in [0.29, 0.717) is 29.4 Å². The number of nitrogens with one attached hydrogen (secondary N) is 1. The molecule has 2 fully saturated rings. The van der Waals surface area contributed by atoms with Crippen LogP contribution in [0.2, 0.25) is 0 Å². The lowest BCUT2D eigenvalue weighted by atomic mass is 9.95. The van der Waals surface area contributed by atoms with Gasteiger partial charge in [-0.3, -0.25) is 9.52 Å². The van der Waals surface area contributed by atoms with Gasteiger partial charge < -0.3 is 9.64 Å². The first-order chi connectivity index (χ1) is 15.4. The van der Waals surface area contributed by atoms with E-state index in [0.717, 1.165) is 17.1 Å². The molecular weight excluding hydrogens is 437 g/mol. The zero-order chi connectivity index (χ0) is 23.1. The number of likely N-dealkylation sites (tertiary alicyclic amines) is 1. The van der Waals surface area contributed by atoms with E-state index >= 15 is 4.39 Å². The molecule has 3 atom stereocenters. The van der Waals surface area contributed by atoms with Crippen LogP contribution in [0.5, 0.6) is 0 Å². The molecule has 3 unspecified atom stereocenters. The molecule has 4 rings (SSSR count). The molecule has 0 saturated carbocycles. The molecule has 1 amide bonds. The van der Waals surface area contributed by atoms with Crippen LogP contribution in [-0.2, 0) is 16.0 Å². The van der Waals surface area contributed by atoms with Crippen molar-refractivity contribution < 1.29 is 22.7 Å². The molecule has 2 aliphatic rings. The highest BCUT2D eigenvalue weighted by Crippen LogP contribution is 2.35. The highest BCUT2D eigenvalue weighted by Gasteiger charge is 2.54. The van der Waals surface area contributed by atoms with Crippen molar-refractivity contribution in [1.29, 1.82) is 0 Å². The van der Waals surface area contributed by atoms with Crippen LogP contribution in [0.4, 0.5) is 13.2 Å². The SMILES string of the molecule is CC1CCO1.CCSNC1C(Cc2cccc(-c3ccccc3)c2F)N(C=O)CC1(F)F. The summed E-state index contributed by atoms with van der Waals surface area (Å²) >= 11 is 1.17. The number of nitrogens with zero attached hydrogens (tertiary/aromatic N) is 1. The fraction of sp³-hybridized carbons (Fsp3) is 0.458. The molecule has 2 heterocycles. The Bertz CT molecular complexity index is 881. The molecule has 174 valence electrons. The number of hydrogen-bond acceptors (Lipinski definition) is 4. The number of carbonyl (C=O) groups excluding carboxylic acids is 1. The summed E-state index contributed by atoms with van der Waals surface area (Å²) in [5, 5.41) is 0. The third-order valence-corrected chi connectivity index (χ3v) is 6.38. The minimum atomic E-state index is -3.07. The van der Waals surface area contributed by atoms with Gasteiger partial charge in [0.2, 0.25) is 6.41 Å². The molecule has 2 aromatic carbocycles. The summed E-state index contributed by atoms with van der Waals surface area (Å²) in [6.45, 7) is 4.26. The Hall–Kier alpha value is -2.03. The van der Waals surface area contributed by atoms with Gasteiger partial charge in [-0.2, -0.15) is 0 Å². The number of halogens is 3. The van der Waals surface area contributed by atoms with E-state index in [2.05, 4.69) is 11.6 Å². The van der Waals surface area contributed by atoms with Crippen LogP contribution in [0.15, 0.2) is 48.5 Å². The predicted molar refractivity (Wildman–Crippen MR) is 122 cm³/mol. The van der Waals surface area contributed by atoms with E-state index in [1.165, 1.54) is 18.4 Å². The quantitative estimate of drug-likeness (QED) is 0.464. The average molecular weight is 467 g/mol. The molecule has 1 N–H and O–H groups in total. The van der Waals surface area contributed by atoms with E-state index in [4.69, 9.17) is 4.74 Å². The second kappa shape index (κ2) is 11.2. The first-order valence-electron chi connectivity index (χ1n) is 10.8. The van der Waals surface area contributed by atoms with E-state index < -0.39 is 30.4 Å². The Balaban J connectivity index is 0.000000509. The Kier molecular flexibility index (Phi) is 8.62. The van der Waals surface area contributed by atoms with Crippen molar-refractivity contribution in [1.82, 2.24) is 9.62 Å². The third kappa shape index (κ3) is 5.85. The zero-order valence-electron chi connectivity index (χ0n) is 18.3. The van der Waals surface area contributed by atoms with E-state index in [9.17, 15) is 13.6 Å². The lowest BCUT2D eigenvalue weighted by molar-refractivity contribution is -0.120. The van der Waals surface area contributed by atoms with Crippen molar-refractivity contribution >= 4 is 18.4 Å². The summed E-state index contributed by atoms with van der Waals surface area (Å²) in [6, 6.07) is 12.0. The maximum absolute atomic E-state index is 15.1. The first kappa shape index (κ1) is 24.6.